The van der Waals surface area contributed by atoms with Gasteiger partial charge in [-0.05, 0) is 34.6 Å². The molecule has 0 saturated carbocycles. The Bertz CT molecular complexity index is 475. The van der Waals surface area contributed by atoms with Gasteiger partial charge in [-0.1, -0.05) is 69.3 Å². The first kappa shape index (κ1) is 11.9. The van der Waals surface area contributed by atoms with Crippen molar-refractivity contribution in [2.45, 2.75) is 32.6 Å². The van der Waals surface area contributed by atoms with E-state index in [2.05, 4.69) is 69.3 Å². The molecule has 0 N–H and O–H groups in total. The van der Waals surface area contributed by atoms with Gasteiger partial charge in [-0.25, -0.2) is 0 Å². The summed E-state index contributed by atoms with van der Waals surface area (Å²) in [5.74, 6) is 0. The molecule has 0 heteroatoms. The molecule has 0 fully saturated rings. The normalized spacial score (nSPS) is 11.5. The smallest absolute Gasteiger partial charge is 0.00167 e. The zero-order chi connectivity index (χ0) is 12.3. The predicted molar refractivity (Wildman–Crippen MR) is 73.2 cm³/mol. The Morgan fingerprint density at radius 1 is 0.941 bits per heavy atom. The van der Waals surface area contributed by atoms with Crippen molar-refractivity contribution in [1.29, 1.82) is 0 Å². The van der Waals surface area contributed by atoms with E-state index < -0.39 is 0 Å². The Labute approximate surface area is 104 Å². The summed E-state index contributed by atoms with van der Waals surface area (Å²) in [4.78, 5) is 0. The third kappa shape index (κ3) is 2.97. The lowest BCUT2D eigenvalue weighted by Gasteiger charge is -2.22. The van der Waals surface area contributed by atoms with Crippen molar-refractivity contribution in [2.75, 3.05) is 0 Å². The minimum absolute atomic E-state index is 0.182. The summed E-state index contributed by atoms with van der Waals surface area (Å²) in [6.07, 6.45) is 0.967. The molecule has 0 nitrogen and oxygen atoms in total. The van der Waals surface area contributed by atoms with Crippen LogP contribution in [0.1, 0.15) is 37.5 Å². The quantitative estimate of drug-likeness (QED) is 0.709. The lowest BCUT2D eigenvalue weighted by molar-refractivity contribution is 0.584. The molecule has 2 aromatic carbocycles. The minimum atomic E-state index is 0.182. The molecule has 1 radical (unpaired) electrons. The molecule has 0 aliphatic carbocycles. The molecule has 2 rings (SSSR count). The first-order chi connectivity index (χ1) is 8.07. The van der Waals surface area contributed by atoms with Gasteiger partial charge in [-0.3, -0.25) is 0 Å². The second kappa shape index (κ2) is 4.75. The Kier molecular flexibility index (Phi) is 3.33. The van der Waals surface area contributed by atoms with Gasteiger partial charge in [0.2, 0.25) is 0 Å². The lowest BCUT2D eigenvalue weighted by atomic mass is 9.82. The maximum absolute atomic E-state index is 3.39. The molecule has 0 unspecified atom stereocenters. The van der Waals surface area contributed by atoms with Crippen molar-refractivity contribution in [1.82, 2.24) is 0 Å². The molecule has 17 heavy (non-hydrogen) atoms. The molecule has 0 aliphatic rings. The molecular weight excluding hydrogens is 204 g/mol. The fourth-order valence-electron chi connectivity index (χ4n) is 2.12. The first-order valence-electron chi connectivity index (χ1n) is 6.11. The summed E-state index contributed by atoms with van der Waals surface area (Å²) in [5, 5.41) is 0. The molecule has 0 spiro atoms. The minimum Gasteiger partial charge on any atom is -0.0622 e. The average molecular weight is 223 g/mol. The van der Waals surface area contributed by atoms with E-state index in [1.165, 1.54) is 16.7 Å². The molecule has 2 aromatic rings. The Morgan fingerprint density at radius 3 is 2.29 bits per heavy atom. The van der Waals surface area contributed by atoms with Gasteiger partial charge in [-0.15, -0.1) is 0 Å². The zero-order valence-corrected chi connectivity index (χ0v) is 10.8. The molecule has 0 aliphatic heterocycles. The van der Waals surface area contributed by atoms with Crippen LogP contribution in [-0.4, -0.2) is 0 Å². The maximum Gasteiger partial charge on any atom is -0.00167 e. The standard InChI is InChI=1S/C17H19/c1-17(2,3)16-12-8-7-11-15(16)13-14-9-5-4-6-10-14/h4-10,12H,13H2,1-3H3. The number of benzene rings is 2. The number of hydrogen-bond acceptors (Lipinski definition) is 0. The van der Waals surface area contributed by atoms with Crippen molar-refractivity contribution < 1.29 is 0 Å². The topological polar surface area (TPSA) is 0 Å². The highest BCUT2D eigenvalue weighted by molar-refractivity contribution is 5.35. The van der Waals surface area contributed by atoms with Crippen molar-refractivity contribution in [3.8, 4) is 0 Å². The second-order valence-electron chi connectivity index (χ2n) is 5.47. The molecule has 0 amide bonds. The van der Waals surface area contributed by atoms with Crippen LogP contribution in [0.4, 0.5) is 0 Å². The summed E-state index contributed by atoms with van der Waals surface area (Å²) in [6, 6.07) is 20.3. The van der Waals surface area contributed by atoms with Crippen LogP contribution in [-0.2, 0) is 11.8 Å². The maximum atomic E-state index is 3.39. The molecule has 0 saturated heterocycles. The van der Waals surface area contributed by atoms with Crippen LogP contribution < -0.4 is 0 Å². The van der Waals surface area contributed by atoms with E-state index >= 15 is 0 Å². The van der Waals surface area contributed by atoms with E-state index in [9.17, 15) is 0 Å². The van der Waals surface area contributed by atoms with Gasteiger partial charge in [0.25, 0.3) is 0 Å². The van der Waals surface area contributed by atoms with Crippen LogP contribution in [0.5, 0.6) is 0 Å². The Balaban J connectivity index is 2.34. The third-order valence-electron chi connectivity index (χ3n) is 2.97. The van der Waals surface area contributed by atoms with Crippen LogP contribution >= 0.6 is 0 Å². The molecule has 0 atom stereocenters. The highest BCUT2D eigenvalue weighted by atomic mass is 14.2. The monoisotopic (exact) mass is 223 g/mol. The lowest BCUT2D eigenvalue weighted by Crippen LogP contribution is -2.14. The molecule has 0 heterocycles. The van der Waals surface area contributed by atoms with Crippen molar-refractivity contribution in [2.24, 2.45) is 0 Å². The summed E-state index contributed by atoms with van der Waals surface area (Å²) < 4.78 is 0. The molecule has 0 aromatic heterocycles. The molecule has 87 valence electrons. The van der Waals surface area contributed by atoms with Gasteiger partial charge in [0.05, 0.1) is 0 Å². The summed E-state index contributed by atoms with van der Waals surface area (Å²) in [5.41, 5.74) is 4.23. The van der Waals surface area contributed by atoms with Crippen molar-refractivity contribution in [3.63, 3.8) is 0 Å². The Hall–Kier alpha value is -1.56. The van der Waals surface area contributed by atoms with Crippen molar-refractivity contribution >= 4 is 0 Å². The number of hydrogen-bond donors (Lipinski definition) is 0. The third-order valence-corrected chi connectivity index (χ3v) is 2.97. The molecular formula is C17H19. The van der Waals surface area contributed by atoms with Crippen LogP contribution in [0.2, 0.25) is 0 Å². The van der Waals surface area contributed by atoms with Crippen LogP contribution in [0.25, 0.3) is 0 Å². The van der Waals surface area contributed by atoms with E-state index in [1.807, 2.05) is 6.07 Å². The predicted octanol–water partition coefficient (Wildman–Crippen LogP) is 4.38. The zero-order valence-electron chi connectivity index (χ0n) is 10.8. The van der Waals surface area contributed by atoms with Gasteiger partial charge in [-0.2, -0.15) is 0 Å². The fourth-order valence-corrected chi connectivity index (χ4v) is 2.12. The largest absolute Gasteiger partial charge is 0.0622 e. The number of rotatable bonds is 2. The van der Waals surface area contributed by atoms with E-state index in [0.717, 1.165) is 6.42 Å². The SMILES string of the molecule is CC(C)(C)c1ccc[c]c1Cc1ccccc1. The first-order valence-corrected chi connectivity index (χ1v) is 6.11. The van der Waals surface area contributed by atoms with Crippen molar-refractivity contribution in [3.05, 3.63) is 71.3 Å². The van der Waals surface area contributed by atoms with Gasteiger partial charge >= 0.3 is 0 Å². The Morgan fingerprint density at radius 2 is 1.65 bits per heavy atom. The molecule has 0 bridgehead atoms. The second-order valence-corrected chi connectivity index (χ2v) is 5.47. The van der Waals surface area contributed by atoms with Crippen LogP contribution in [0.15, 0.2) is 48.5 Å². The van der Waals surface area contributed by atoms with E-state index in [4.69, 9.17) is 0 Å². The van der Waals surface area contributed by atoms with Gasteiger partial charge in [0.1, 0.15) is 0 Å². The van der Waals surface area contributed by atoms with Gasteiger partial charge in [0, 0.05) is 0 Å². The average Bonchev–Trinajstić information content (AvgIpc) is 2.30. The van der Waals surface area contributed by atoms with Crippen LogP contribution in [0, 0.1) is 6.07 Å². The van der Waals surface area contributed by atoms with E-state index in [0.29, 0.717) is 0 Å². The highest BCUT2D eigenvalue weighted by Gasteiger charge is 2.17. The van der Waals surface area contributed by atoms with E-state index in [-0.39, 0.29) is 5.41 Å². The van der Waals surface area contributed by atoms with Crippen LogP contribution in [0.3, 0.4) is 0 Å². The van der Waals surface area contributed by atoms with Gasteiger partial charge in [0.15, 0.2) is 0 Å². The van der Waals surface area contributed by atoms with Gasteiger partial charge < -0.3 is 0 Å². The summed E-state index contributed by atoms with van der Waals surface area (Å²) in [6.45, 7) is 6.76. The highest BCUT2D eigenvalue weighted by Crippen LogP contribution is 2.26. The van der Waals surface area contributed by atoms with E-state index in [1.54, 1.807) is 0 Å². The summed E-state index contributed by atoms with van der Waals surface area (Å²) >= 11 is 0. The fraction of sp³-hybridized carbons (Fsp3) is 0.294. The summed E-state index contributed by atoms with van der Waals surface area (Å²) in [7, 11) is 0.